The highest BCUT2D eigenvalue weighted by Crippen LogP contribution is 2.28. The van der Waals surface area contributed by atoms with Gasteiger partial charge >= 0.3 is 0 Å². The lowest BCUT2D eigenvalue weighted by Crippen LogP contribution is -2.53. The number of rotatable bonds is 6. The lowest BCUT2D eigenvalue weighted by atomic mass is 9.93. The van der Waals surface area contributed by atoms with Gasteiger partial charge in [0.2, 0.25) is 5.91 Å². The number of hydrogen-bond acceptors (Lipinski definition) is 4. The average Bonchev–Trinajstić information content (AvgIpc) is 2.69. The van der Waals surface area contributed by atoms with Gasteiger partial charge in [0.25, 0.3) is 0 Å². The first kappa shape index (κ1) is 20.6. The summed E-state index contributed by atoms with van der Waals surface area (Å²) in [7, 11) is 0. The lowest BCUT2D eigenvalue weighted by Gasteiger charge is -2.39. The first-order valence-corrected chi connectivity index (χ1v) is 10.0. The Bertz CT molecular complexity index is 805. The second kappa shape index (κ2) is 8.93. The number of halogens is 1. The van der Waals surface area contributed by atoms with Crippen LogP contribution in [-0.2, 0) is 11.2 Å². The van der Waals surface area contributed by atoms with E-state index in [9.17, 15) is 9.90 Å². The van der Waals surface area contributed by atoms with Crippen molar-refractivity contribution in [2.45, 2.75) is 45.1 Å². The van der Waals surface area contributed by atoms with Crippen LogP contribution in [0.5, 0.6) is 5.75 Å². The summed E-state index contributed by atoms with van der Waals surface area (Å²) in [6, 6.07) is 7.59. The number of amides is 1. The Kier molecular flexibility index (Phi) is 6.57. The maximum atomic E-state index is 12.6. The molecule has 28 heavy (non-hydrogen) atoms. The summed E-state index contributed by atoms with van der Waals surface area (Å²) in [6.07, 6.45) is 5.95. The number of carbonyl (C=O) groups is 1. The van der Waals surface area contributed by atoms with Crippen LogP contribution in [0, 0.1) is 13.8 Å². The molecule has 2 heterocycles. The molecule has 1 amide bonds. The van der Waals surface area contributed by atoms with Crippen LogP contribution in [0.15, 0.2) is 36.7 Å². The standard InChI is InChI=1S/C22H27ClN2O3/c1-16-11-19(12-17(2)21(16)23)28-15-22(27)8-4-10-25(14-22)20(26)7-6-18-5-3-9-24-13-18/h3,5,9,11-13,27H,4,6-8,10,14-15H2,1-2H3. The summed E-state index contributed by atoms with van der Waals surface area (Å²) in [5.41, 5.74) is 1.89. The van der Waals surface area contributed by atoms with E-state index >= 15 is 0 Å². The molecule has 1 unspecified atom stereocenters. The first-order chi connectivity index (χ1) is 13.4. The molecular weight excluding hydrogens is 376 g/mol. The van der Waals surface area contributed by atoms with Crippen LogP contribution in [0.25, 0.3) is 0 Å². The second-order valence-corrected chi connectivity index (χ2v) is 8.04. The molecule has 1 aromatic heterocycles. The van der Waals surface area contributed by atoms with E-state index in [4.69, 9.17) is 16.3 Å². The topological polar surface area (TPSA) is 62.7 Å². The molecule has 2 aromatic rings. The normalized spacial score (nSPS) is 19.5. The Morgan fingerprint density at radius 1 is 1.36 bits per heavy atom. The van der Waals surface area contributed by atoms with Gasteiger partial charge < -0.3 is 14.7 Å². The molecule has 1 atom stereocenters. The minimum absolute atomic E-state index is 0.0557. The molecule has 6 heteroatoms. The number of nitrogens with zero attached hydrogens (tertiary/aromatic N) is 2. The fourth-order valence-corrected chi connectivity index (χ4v) is 3.71. The third-order valence-electron chi connectivity index (χ3n) is 5.18. The van der Waals surface area contributed by atoms with Gasteiger partial charge in [-0.1, -0.05) is 17.7 Å². The van der Waals surface area contributed by atoms with Gasteiger partial charge in [-0.25, -0.2) is 0 Å². The summed E-state index contributed by atoms with van der Waals surface area (Å²) in [5, 5.41) is 11.7. The van der Waals surface area contributed by atoms with Gasteiger partial charge in [0.15, 0.2) is 0 Å². The highest BCUT2D eigenvalue weighted by Gasteiger charge is 2.36. The molecule has 1 saturated heterocycles. The van der Waals surface area contributed by atoms with E-state index in [1.54, 1.807) is 17.3 Å². The van der Waals surface area contributed by atoms with Crippen molar-refractivity contribution in [2.24, 2.45) is 0 Å². The predicted octanol–water partition coefficient (Wildman–Crippen LogP) is 3.72. The molecule has 0 radical (unpaired) electrons. The highest BCUT2D eigenvalue weighted by atomic mass is 35.5. The SMILES string of the molecule is Cc1cc(OCC2(O)CCCN(C(=O)CCc3cccnc3)C2)cc(C)c1Cl. The van der Waals surface area contributed by atoms with Crippen molar-refractivity contribution >= 4 is 17.5 Å². The molecule has 1 fully saturated rings. The molecule has 1 aromatic carbocycles. The minimum Gasteiger partial charge on any atom is -0.491 e. The van der Waals surface area contributed by atoms with Crippen molar-refractivity contribution in [1.82, 2.24) is 9.88 Å². The van der Waals surface area contributed by atoms with Crippen LogP contribution in [0.4, 0.5) is 0 Å². The number of hydrogen-bond donors (Lipinski definition) is 1. The van der Waals surface area contributed by atoms with Crippen molar-refractivity contribution in [1.29, 1.82) is 0 Å². The molecule has 0 saturated carbocycles. The van der Waals surface area contributed by atoms with E-state index in [0.29, 0.717) is 38.1 Å². The minimum atomic E-state index is -1.04. The number of pyridine rings is 1. The van der Waals surface area contributed by atoms with Gasteiger partial charge in [-0.05, 0) is 68.0 Å². The summed E-state index contributed by atoms with van der Waals surface area (Å²) in [5.74, 6) is 0.744. The predicted molar refractivity (Wildman–Crippen MR) is 110 cm³/mol. The van der Waals surface area contributed by atoms with Gasteiger partial charge in [-0.15, -0.1) is 0 Å². The van der Waals surface area contributed by atoms with Crippen molar-refractivity contribution in [3.05, 3.63) is 58.4 Å². The van der Waals surface area contributed by atoms with Crippen LogP contribution in [0.3, 0.4) is 0 Å². The van der Waals surface area contributed by atoms with E-state index in [-0.39, 0.29) is 12.5 Å². The number of likely N-dealkylation sites (tertiary alicyclic amines) is 1. The molecule has 1 aliphatic heterocycles. The molecule has 150 valence electrons. The maximum absolute atomic E-state index is 12.6. The quantitative estimate of drug-likeness (QED) is 0.799. The third-order valence-corrected chi connectivity index (χ3v) is 5.77. The number of ether oxygens (including phenoxy) is 1. The van der Waals surface area contributed by atoms with Crippen molar-refractivity contribution in [2.75, 3.05) is 19.7 Å². The summed E-state index contributed by atoms with van der Waals surface area (Å²) in [4.78, 5) is 18.4. The molecule has 3 rings (SSSR count). The number of β-amino-alcohol motifs (C(OH)–C–C–N with tert-alkyl or cyclic N) is 1. The number of aliphatic hydroxyl groups is 1. The average molecular weight is 403 g/mol. The monoisotopic (exact) mass is 402 g/mol. The third kappa shape index (κ3) is 5.24. The smallest absolute Gasteiger partial charge is 0.223 e. The van der Waals surface area contributed by atoms with E-state index in [2.05, 4.69) is 4.98 Å². The molecule has 1 aliphatic rings. The zero-order valence-electron chi connectivity index (χ0n) is 16.4. The maximum Gasteiger partial charge on any atom is 0.223 e. The van der Waals surface area contributed by atoms with Crippen molar-refractivity contribution in [3.8, 4) is 5.75 Å². The zero-order valence-corrected chi connectivity index (χ0v) is 17.2. The Balaban J connectivity index is 1.56. The van der Waals surface area contributed by atoms with Crippen LogP contribution < -0.4 is 4.74 Å². The van der Waals surface area contributed by atoms with Crippen molar-refractivity contribution < 1.29 is 14.6 Å². The fraction of sp³-hybridized carbons (Fsp3) is 0.455. The summed E-state index contributed by atoms with van der Waals surface area (Å²) in [6.45, 7) is 4.98. The Labute approximate surface area is 171 Å². The van der Waals surface area contributed by atoms with Gasteiger partial charge in [0, 0.05) is 30.4 Å². The van der Waals surface area contributed by atoms with E-state index in [1.165, 1.54) is 0 Å². The summed E-state index contributed by atoms with van der Waals surface area (Å²) < 4.78 is 5.87. The van der Waals surface area contributed by atoms with Crippen LogP contribution in [0.1, 0.15) is 36.0 Å². The molecule has 0 aliphatic carbocycles. The number of piperidine rings is 1. The molecule has 1 N–H and O–H groups in total. The van der Waals surface area contributed by atoms with E-state index < -0.39 is 5.60 Å². The molecule has 0 spiro atoms. The van der Waals surface area contributed by atoms with Crippen LogP contribution in [0.2, 0.25) is 5.02 Å². The number of aromatic nitrogens is 1. The largest absolute Gasteiger partial charge is 0.491 e. The van der Waals surface area contributed by atoms with Crippen LogP contribution in [-0.4, -0.2) is 46.2 Å². The number of carbonyl (C=O) groups excluding carboxylic acids is 1. The molecular formula is C22H27ClN2O3. The lowest BCUT2D eigenvalue weighted by molar-refractivity contribution is -0.140. The van der Waals surface area contributed by atoms with Crippen LogP contribution >= 0.6 is 11.6 Å². The zero-order chi connectivity index (χ0) is 20.1. The fourth-order valence-electron chi connectivity index (χ4n) is 3.61. The highest BCUT2D eigenvalue weighted by molar-refractivity contribution is 6.32. The second-order valence-electron chi connectivity index (χ2n) is 7.66. The van der Waals surface area contributed by atoms with E-state index in [0.717, 1.165) is 28.1 Å². The van der Waals surface area contributed by atoms with Gasteiger partial charge in [0.1, 0.15) is 18.0 Å². The Morgan fingerprint density at radius 2 is 2.11 bits per heavy atom. The molecule has 5 nitrogen and oxygen atoms in total. The number of benzene rings is 1. The van der Waals surface area contributed by atoms with Gasteiger partial charge in [-0.2, -0.15) is 0 Å². The first-order valence-electron chi connectivity index (χ1n) is 9.65. The number of aryl methyl sites for hydroxylation is 3. The van der Waals surface area contributed by atoms with Gasteiger partial charge in [-0.3, -0.25) is 9.78 Å². The van der Waals surface area contributed by atoms with Crippen molar-refractivity contribution in [3.63, 3.8) is 0 Å². The van der Waals surface area contributed by atoms with Gasteiger partial charge in [0.05, 0.1) is 6.54 Å². The Morgan fingerprint density at radius 3 is 2.79 bits per heavy atom. The molecule has 0 bridgehead atoms. The Hall–Kier alpha value is -2.11. The summed E-state index contributed by atoms with van der Waals surface area (Å²) >= 11 is 6.20. The van der Waals surface area contributed by atoms with E-state index in [1.807, 2.05) is 38.1 Å².